The second-order valence-corrected chi connectivity index (χ2v) is 6.16. The first-order chi connectivity index (χ1) is 10.6. The molecule has 1 aromatic rings. The van der Waals surface area contributed by atoms with Crippen LogP contribution in [-0.2, 0) is 11.0 Å². The summed E-state index contributed by atoms with van der Waals surface area (Å²) >= 11 is 0. The lowest BCUT2D eigenvalue weighted by molar-refractivity contribution is -0.137. The van der Waals surface area contributed by atoms with Crippen molar-refractivity contribution in [2.45, 2.75) is 45.5 Å². The van der Waals surface area contributed by atoms with Crippen LogP contribution in [-0.4, -0.2) is 23.2 Å². The highest BCUT2D eigenvalue weighted by atomic mass is 19.4. The van der Waals surface area contributed by atoms with E-state index in [4.69, 9.17) is 5.26 Å². The number of nitriles is 1. The van der Waals surface area contributed by atoms with Crippen molar-refractivity contribution in [3.8, 4) is 6.07 Å². The molecule has 1 aliphatic heterocycles. The van der Waals surface area contributed by atoms with Crippen LogP contribution in [0.5, 0.6) is 0 Å². The number of alkyl halides is 3. The van der Waals surface area contributed by atoms with Gasteiger partial charge in [0.05, 0.1) is 34.8 Å². The zero-order valence-electron chi connectivity index (χ0n) is 13.0. The van der Waals surface area contributed by atoms with E-state index in [0.717, 1.165) is 12.1 Å². The van der Waals surface area contributed by atoms with E-state index in [1.165, 1.54) is 17.0 Å². The number of halogens is 3. The highest BCUT2D eigenvalue weighted by molar-refractivity contribution is 6.01. The first kappa shape index (κ1) is 17.3. The molecule has 1 N–H and O–H groups in total. The summed E-state index contributed by atoms with van der Waals surface area (Å²) in [5.74, 6) is -0.435. The molecule has 1 aliphatic rings. The molecule has 124 valence electrons. The standard InChI is InChI=1S/C16H17F3N2O2/c1-4-12-13(22)15(2,3)14(23)21(12)10-6-5-9(8-20)11(7-10)16(17,18)19/h5-7,12-13,22H,4H2,1-3H3/t12-,13+/m0/s1. The van der Waals surface area contributed by atoms with Gasteiger partial charge in [-0.3, -0.25) is 4.79 Å². The van der Waals surface area contributed by atoms with Gasteiger partial charge in [0.1, 0.15) is 0 Å². The number of hydrogen-bond donors (Lipinski definition) is 1. The van der Waals surface area contributed by atoms with Crippen LogP contribution < -0.4 is 4.90 Å². The van der Waals surface area contributed by atoms with Crippen molar-refractivity contribution in [2.24, 2.45) is 5.41 Å². The van der Waals surface area contributed by atoms with Crippen molar-refractivity contribution < 1.29 is 23.1 Å². The van der Waals surface area contributed by atoms with Crippen LogP contribution in [0.25, 0.3) is 0 Å². The number of aliphatic hydroxyl groups is 1. The monoisotopic (exact) mass is 326 g/mol. The molecular formula is C16H17F3N2O2. The molecule has 1 aromatic carbocycles. The van der Waals surface area contributed by atoms with Gasteiger partial charge in [0.2, 0.25) is 5.91 Å². The summed E-state index contributed by atoms with van der Waals surface area (Å²) in [5.41, 5.74) is -2.62. The number of nitrogens with zero attached hydrogens (tertiary/aromatic N) is 2. The van der Waals surface area contributed by atoms with Gasteiger partial charge in [0.15, 0.2) is 0 Å². The van der Waals surface area contributed by atoms with Gasteiger partial charge in [0, 0.05) is 5.69 Å². The number of amides is 1. The minimum atomic E-state index is -4.69. The molecule has 7 heteroatoms. The Balaban J connectivity index is 2.58. The van der Waals surface area contributed by atoms with Gasteiger partial charge in [-0.2, -0.15) is 18.4 Å². The first-order valence-electron chi connectivity index (χ1n) is 7.18. The molecule has 1 heterocycles. The second kappa shape index (κ2) is 5.53. The molecule has 0 unspecified atom stereocenters. The highest BCUT2D eigenvalue weighted by Crippen LogP contribution is 2.42. The summed E-state index contributed by atoms with van der Waals surface area (Å²) in [5, 5.41) is 19.2. The number of rotatable bonds is 2. The minimum absolute atomic E-state index is 0.0396. The van der Waals surface area contributed by atoms with E-state index in [1.807, 2.05) is 0 Å². The lowest BCUT2D eigenvalue weighted by Gasteiger charge is -2.26. The van der Waals surface area contributed by atoms with E-state index in [9.17, 15) is 23.1 Å². The van der Waals surface area contributed by atoms with Gasteiger partial charge in [-0.15, -0.1) is 0 Å². The highest BCUT2D eigenvalue weighted by Gasteiger charge is 2.53. The number of carbonyl (C=O) groups is 1. The quantitative estimate of drug-likeness (QED) is 0.908. The molecule has 0 spiro atoms. The third kappa shape index (κ3) is 2.68. The fraction of sp³-hybridized carbons (Fsp3) is 0.500. The Morgan fingerprint density at radius 1 is 1.39 bits per heavy atom. The van der Waals surface area contributed by atoms with Gasteiger partial charge in [-0.25, -0.2) is 0 Å². The fourth-order valence-corrected chi connectivity index (χ4v) is 2.94. The molecule has 2 atom stereocenters. The molecule has 0 bridgehead atoms. The van der Waals surface area contributed by atoms with Gasteiger partial charge >= 0.3 is 6.18 Å². The van der Waals surface area contributed by atoms with E-state index in [0.29, 0.717) is 6.42 Å². The number of aliphatic hydroxyl groups excluding tert-OH is 1. The van der Waals surface area contributed by atoms with Crippen LogP contribution in [0.3, 0.4) is 0 Å². The summed E-state index contributed by atoms with van der Waals surface area (Å²) in [6.45, 7) is 4.89. The predicted molar refractivity (Wildman–Crippen MR) is 77.5 cm³/mol. The minimum Gasteiger partial charge on any atom is -0.390 e. The predicted octanol–water partition coefficient (Wildman–Crippen LogP) is 3.09. The van der Waals surface area contributed by atoms with Crippen molar-refractivity contribution in [3.05, 3.63) is 29.3 Å². The van der Waals surface area contributed by atoms with Crippen molar-refractivity contribution in [1.82, 2.24) is 0 Å². The molecule has 2 rings (SSSR count). The topological polar surface area (TPSA) is 64.3 Å². The van der Waals surface area contributed by atoms with Crippen LogP contribution in [0.1, 0.15) is 38.3 Å². The van der Waals surface area contributed by atoms with E-state index in [1.54, 1.807) is 20.8 Å². The summed E-state index contributed by atoms with van der Waals surface area (Å²) in [6.07, 6.45) is -5.28. The van der Waals surface area contributed by atoms with Crippen molar-refractivity contribution in [1.29, 1.82) is 5.26 Å². The molecule has 1 amide bonds. The van der Waals surface area contributed by atoms with Crippen LogP contribution in [0.2, 0.25) is 0 Å². The Bertz CT molecular complexity index is 677. The number of carbonyl (C=O) groups excluding carboxylic acids is 1. The third-order valence-electron chi connectivity index (χ3n) is 4.33. The van der Waals surface area contributed by atoms with E-state index in [2.05, 4.69) is 0 Å². The molecule has 0 saturated carbocycles. The maximum atomic E-state index is 13.1. The summed E-state index contributed by atoms with van der Waals surface area (Å²) in [6, 6.07) is 4.06. The zero-order chi connectivity index (χ0) is 17.6. The van der Waals surface area contributed by atoms with Gasteiger partial charge in [0.25, 0.3) is 0 Å². The van der Waals surface area contributed by atoms with Crippen molar-refractivity contribution >= 4 is 11.6 Å². The number of benzene rings is 1. The Labute approximate surface area is 132 Å². The van der Waals surface area contributed by atoms with Crippen molar-refractivity contribution in [3.63, 3.8) is 0 Å². The summed E-state index contributed by atoms with van der Waals surface area (Å²) < 4.78 is 39.3. The lowest BCUT2D eigenvalue weighted by atomic mass is 9.86. The normalized spacial score (nSPS) is 23.9. The molecule has 1 saturated heterocycles. The van der Waals surface area contributed by atoms with Crippen LogP contribution in [0, 0.1) is 16.7 Å². The Morgan fingerprint density at radius 3 is 2.48 bits per heavy atom. The van der Waals surface area contributed by atoms with Crippen LogP contribution >= 0.6 is 0 Å². The molecule has 0 aromatic heterocycles. The third-order valence-corrected chi connectivity index (χ3v) is 4.33. The van der Waals surface area contributed by atoms with Gasteiger partial charge in [-0.05, 0) is 38.5 Å². The largest absolute Gasteiger partial charge is 0.417 e. The molecule has 1 fully saturated rings. The van der Waals surface area contributed by atoms with Gasteiger partial charge in [-0.1, -0.05) is 6.92 Å². The maximum absolute atomic E-state index is 13.1. The first-order valence-corrected chi connectivity index (χ1v) is 7.18. The number of anilines is 1. The van der Waals surface area contributed by atoms with Crippen LogP contribution in [0.15, 0.2) is 18.2 Å². The maximum Gasteiger partial charge on any atom is 0.417 e. The molecule has 0 radical (unpaired) electrons. The van der Waals surface area contributed by atoms with E-state index >= 15 is 0 Å². The summed E-state index contributed by atoms with van der Waals surface area (Å²) in [4.78, 5) is 13.8. The Kier molecular flexibility index (Phi) is 4.16. The molecular weight excluding hydrogens is 309 g/mol. The smallest absolute Gasteiger partial charge is 0.390 e. The molecule has 23 heavy (non-hydrogen) atoms. The van der Waals surface area contributed by atoms with Crippen LogP contribution in [0.4, 0.5) is 18.9 Å². The lowest BCUT2D eigenvalue weighted by Crippen LogP contribution is -2.36. The average molecular weight is 326 g/mol. The molecule has 4 nitrogen and oxygen atoms in total. The fourth-order valence-electron chi connectivity index (χ4n) is 2.94. The van der Waals surface area contributed by atoms with Gasteiger partial charge < -0.3 is 10.0 Å². The average Bonchev–Trinajstić information content (AvgIpc) is 2.65. The van der Waals surface area contributed by atoms with E-state index < -0.39 is 40.8 Å². The summed E-state index contributed by atoms with van der Waals surface area (Å²) in [7, 11) is 0. The van der Waals surface area contributed by atoms with E-state index in [-0.39, 0.29) is 5.69 Å². The number of hydrogen-bond acceptors (Lipinski definition) is 3. The zero-order valence-corrected chi connectivity index (χ0v) is 13.0. The van der Waals surface area contributed by atoms with Crippen molar-refractivity contribution in [2.75, 3.05) is 4.90 Å². The Hall–Kier alpha value is -2.07. The Morgan fingerprint density at radius 2 is 2.00 bits per heavy atom. The SMILES string of the molecule is CC[C@H]1[C@@H](O)C(C)(C)C(=O)N1c1ccc(C#N)c(C(F)(F)F)c1. The molecule has 0 aliphatic carbocycles. The second-order valence-electron chi connectivity index (χ2n) is 6.16.